The van der Waals surface area contributed by atoms with E-state index in [-0.39, 0.29) is 29.7 Å². The molecule has 0 unspecified atom stereocenters. The molecule has 3 bridgehead atoms. The molecule has 3 aliphatic heterocycles. The van der Waals surface area contributed by atoms with Gasteiger partial charge in [0.05, 0.1) is 12.2 Å². The van der Waals surface area contributed by atoms with Crippen LogP contribution in [0, 0.1) is 35.0 Å². The number of allylic oxidation sites excluding steroid dienone is 1. The molecule has 1 saturated carbocycles. The molecule has 0 N–H and O–H groups in total. The Morgan fingerprint density at radius 3 is 2.57 bits per heavy atom. The smallest absolute Gasteiger partial charge is 0.322 e. The summed E-state index contributed by atoms with van der Waals surface area (Å²) in [7, 11) is 0. The van der Waals surface area contributed by atoms with Gasteiger partial charge in [0.15, 0.2) is 11.2 Å². The highest BCUT2D eigenvalue weighted by atomic mass is 16.6. The Labute approximate surface area is 169 Å². The van der Waals surface area contributed by atoms with E-state index in [4.69, 9.17) is 9.47 Å². The van der Waals surface area contributed by atoms with E-state index in [1.165, 1.54) is 5.57 Å². The second kappa shape index (κ2) is 6.68. The van der Waals surface area contributed by atoms with Gasteiger partial charge in [-0.05, 0) is 56.8 Å². The van der Waals surface area contributed by atoms with Gasteiger partial charge in [-0.3, -0.25) is 9.59 Å². The Morgan fingerprint density at radius 2 is 1.86 bits per heavy atom. The summed E-state index contributed by atoms with van der Waals surface area (Å²) in [5, 5.41) is 0. The van der Waals surface area contributed by atoms with Gasteiger partial charge in [0, 0.05) is 11.8 Å². The molecule has 1 aliphatic carbocycles. The van der Waals surface area contributed by atoms with Crippen LogP contribution in [0.1, 0.15) is 73.1 Å². The van der Waals surface area contributed by atoms with E-state index >= 15 is 0 Å². The van der Waals surface area contributed by atoms with E-state index in [2.05, 4.69) is 27.4 Å². The summed E-state index contributed by atoms with van der Waals surface area (Å²) in [6, 6.07) is 0. The van der Waals surface area contributed by atoms with Crippen molar-refractivity contribution in [2.75, 3.05) is 0 Å². The molecule has 0 spiro atoms. The maximum absolute atomic E-state index is 13.5. The number of carbonyl (C=O) groups excluding carboxylic acids is 2. The van der Waals surface area contributed by atoms with Crippen molar-refractivity contribution in [3.63, 3.8) is 0 Å². The third-order valence-electron chi connectivity index (χ3n) is 8.51. The predicted octanol–water partition coefficient (Wildman–Crippen LogP) is 4.71. The highest BCUT2D eigenvalue weighted by molar-refractivity contribution is 6.06. The van der Waals surface area contributed by atoms with Crippen molar-refractivity contribution in [2.45, 2.75) is 91.0 Å². The Hall–Kier alpha value is -1.16. The van der Waals surface area contributed by atoms with Gasteiger partial charge >= 0.3 is 5.97 Å². The van der Waals surface area contributed by atoms with Crippen molar-refractivity contribution in [3.8, 4) is 0 Å². The summed E-state index contributed by atoms with van der Waals surface area (Å²) < 4.78 is 13.0. The molecular weight excluding hydrogens is 352 g/mol. The summed E-state index contributed by atoms with van der Waals surface area (Å²) in [5.74, 6) is 0.597. The molecule has 0 aromatic heterocycles. The van der Waals surface area contributed by atoms with E-state index in [0.29, 0.717) is 17.8 Å². The average Bonchev–Trinajstić information content (AvgIpc) is 2.62. The standard InChI is InChI=1S/C24H36O4/c1-13-8-7-9-24-12-16(4)14(2)11-18(24)21-23(6,22(26)28-24)20(25)17(5)19(27-21)15(3)10-13/h13,15-19,21H,2,7-12H2,1,3-6H3/t13-,15-,16+,17+,18-,19-,21+,23+,24+/m1/s1. The summed E-state index contributed by atoms with van der Waals surface area (Å²) in [6.45, 7) is 14.7. The number of rotatable bonds is 0. The van der Waals surface area contributed by atoms with Gasteiger partial charge in [0.1, 0.15) is 5.60 Å². The van der Waals surface area contributed by atoms with Crippen LogP contribution >= 0.6 is 0 Å². The number of hydrogen-bond acceptors (Lipinski definition) is 4. The van der Waals surface area contributed by atoms with Crippen LogP contribution in [0.2, 0.25) is 0 Å². The van der Waals surface area contributed by atoms with Crippen LogP contribution < -0.4 is 0 Å². The van der Waals surface area contributed by atoms with Crippen molar-refractivity contribution >= 4 is 11.8 Å². The average molecular weight is 389 g/mol. The second-order valence-corrected chi connectivity index (χ2v) is 10.6. The zero-order valence-electron chi connectivity index (χ0n) is 18.1. The fourth-order valence-electron chi connectivity index (χ4n) is 6.78. The molecule has 0 amide bonds. The lowest BCUT2D eigenvalue weighted by atomic mass is 9.56. The van der Waals surface area contributed by atoms with Gasteiger partial charge < -0.3 is 9.47 Å². The highest BCUT2D eigenvalue weighted by Crippen LogP contribution is 2.57. The van der Waals surface area contributed by atoms with Gasteiger partial charge in [-0.2, -0.15) is 0 Å². The fourth-order valence-corrected chi connectivity index (χ4v) is 6.78. The SMILES string of the molecule is C=C1C[C@@H]2[C@@H]3O[C@@H]4[C@H](C)C[C@H](C)CCC[C@@]2(C[C@@H]1C)OC(=O)[C@@]3(C)C(=O)[C@H]4C. The van der Waals surface area contributed by atoms with E-state index < -0.39 is 17.1 Å². The van der Waals surface area contributed by atoms with E-state index in [1.54, 1.807) is 6.92 Å². The van der Waals surface area contributed by atoms with Crippen LogP contribution in [0.5, 0.6) is 0 Å². The lowest BCUT2D eigenvalue weighted by Gasteiger charge is -2.59. The number of hydrogen-bond donors (Lipinski definition) is 0. The van der Waals surface area contributed by atoms with Crippen molar-refractivity contribution < 1.29 is 19.1 Å². The van der Waals surface area contributed by atoms with Gasteiger partial charge in [-0.15, -0.1) is 0 Å². The first-order valence-corrected chi connectivity index (χ1v) is 11.2. The van der Waals surface area contributed by atoms with Crippen LogP contribution in [0.15, 0.2) is 12.2 Å². The number of Topliss-reactive ketones (excluding diaryl/α,β-unsaturated/α-hetero) is 1. The van der Waals surface area contributed by atoms with E-state index in [9.17, 15) is 9.59 Å². The molecule has 3 saturated heterocycles. The Bertz CT molecular complexity index is 699. The normalized spacial score (nSPS) is 51.9. The van der Waals surface area contributed by atoms with E-state index in [0.717, 1.165) is 38.5 Å². The zero-order valence-corrected chi connectivity index (χ0v) is 18.1. The molecule has 4 aliphatic rings. The molecule has 0 aromatic rings. The number of fused-ring (bicyclic) bond motifs is 1. The van der Waals surface area contributed by atoms with Gasteiger partial charge in [0.25, 0.3) is 0 Å². The Morgan fingerprint density at radius 1 is 1.14 bits per heavy atom. The predicted molar refractivity (Wildman–Crippen MR) is 108 cm³/mol. The van der Waals surface area contributed by atoms with Crippen molar-refractivity contribution in [1.29, 1.82) is 0 Å². The molecule has 9 atom stereocenters. The number of esters is 1. The van der Waals surface area contributed by atoms with Crippen LogP contribution in [-0.4, -0.2) is 29.6 Å². The third-order valence-corrected chi connectivity index (χ3v) is 8.51. The minimum absolute atomic E-state index is 0.00957. The van der Waals surface area contributed by atoms with Gasteiger partial charge in [-0.25, -0.2) is 0 Å². The summed E-state index contributed by atoms with van der Waals surface area (Å²) >= 11 is 0. The van der Waals surface area contributed by atoms with Crippen molar-refractivity contribution in [2.24, 2.45) is 35.0 Å². The molecule has 3 heterocycles. The minimum Gasteiger partial charge on any atom is -0.458 e. The molecule has 28 heavy (non-hydrogen) atoms. The highest BCUT2D eigenvalue weighted by Gasteiger charge is 2.68. The van der Waals surface area contributed by atoms with Crippen LogP contribution in [0.25, 0.3) is 0 Å². The number of carbonyl (C=O) groups is 2. The first-order valence-electron chi connectivity index (χ1n) is 11.2. The fraction of sp³-hybridized carbons (Fsp3) is 0.833. The van der Waals surface area contributed by atoms with Gasteiger partial charge in [0.2, 0.25) is 0 Å². The summed E-state index contributed by atoms with van der Waals surface area (Å²) in [6.07, 6.45) is 5.16. The minimum atomic E-state index is -1.19. The molecule has 0 aromatic carbocycles. The lowest BCUT2D eigenvalue weighted by Crippen LogP contribution is -2.70. The quantitative estimate of drug-likeness (QED) is 0.343. The lowest BCUT2D eigenvalue weighted by molar-refractivity contribution is -0.259. The van der Waals surface area contributed by atoms with Gasteiger partial charge in [-0.1, -0.05) is 46.3 Å². The molecule has 4 heteroatoms. The molecule has 0 radical (unpaired) electrons. The summed E-state index contributed by atoms with van der Waals surface area (Å²) in [4.78, 5) is 26.8. The molecule has 4 rings (SSSR count). The Balaban J connectivity index is 1.84. The molecule has 4 fully saturated rings. The largest absolute Gasteiger partial charge is 0.458 e. The monoisotopic (exact) mass is 388 g/mol. The topological polar surface area (TPSA) is 52.6 Å². The summed E-state index contributed by atoms with van der Waals surface area (Å²) in [5.41, 5.74) is -0.506. The molecular formula is C24H36O4. The van der Waals surface area contributed by atoms with Crippen LogP contribution in [0.3, 0.4) is 0 Å². The maximum Gasteiger partial charge on any atom is 0.322 e. The van der Waals surface area contributed by atoms with Crippen molar-refractivity contribution in [1.82, 2.24) is 0 Å². The first kappa shape index (κ1) is 20.1. The Kier molecular flexibility index (Phi) is 4.80. The second-order valence-electron chi connectivity index (χ2n) is 10.6. The van der Waals surface area contributed by atoms with Crippen LogP contribution in [0.4, 0.5) is 0 Å². The first-order chi connectivity index (χ1) is 13.1. The third kappa shape index (κ3) is 2.74. The van der Waals surface area contributed by atoms with Crippen LogP contribution in [-0.2, 0) is 19.1 Å². The number of ketones is 1. The maximum atomic E-state index is 13.5. The van der Waals surface area contributed by atoms with Crippen molar-refractivity contribution in [3.05, 3.63) is 12.2 Å². The molecule has 156 valence electrons. The zero-order chi connectivity index (χ0) is 20.4. The van der Waals surface area contributed by atoms with E-state index in [1.807, 2.05) is 6.92 Å². The number of ether oxygens (including phenoxy) is 2. The molecule has 4 nitrogen and oxygen atoms in total.